The smallest absolute Gasteiger partial charge is 0.248 e. The molecular weight excluding hydrogens is 176 g/mol. The Morgan fingerprint density at radius 2 is 1.71 bits per heavy atom. The van der Waals surface area contributed by atoms with Gasteiger partial charge < -0.3 is 11.1 Å². The number of carbonyl (C=O) groups is 1. The number of anilines is 1. The van der Waals surface area contributed by atoms with Crippen molar-refractivity contribution >= 4 is 11.6 Å². The van der Waals surface area contributed by atoms with Gasteiger partial charge in [-0.05, 0) is 45.0 Å². The van der Waals surface area contributed by atoms with Gasteiger partial charge >= 0.3 is 0 Å². The zero-order valence-corrected chi connectivity index (χ0v) is 8.79. The summed E-state index contributed by atoms with van der Waals surface area (Å²) in [6.45, 7) is 6.24. The molecule has 76 valence electrons. The summed E-state index contributed by atoms with van der Waals surface area (Å²) >= 11 is 0. The van der Waals surface area contributed by atoms with Crippen LogP contribution < -0.4 is 11.1 Å². The average molecular weight is 192 g/mol. The number of benzene rings is 1. The second-order valence-corrected chi connectivity index (χ2v) is 4.32. The largest absolute Gasteiger partial charge is 0.380 e. The molecule has 0 aliphatic carbocycles. The molecule has 0 radical (unpaired) electrons. The predicted octanol–water partition coefficient (Wildman–Crippen LogP) is 2.00. The Morgan fingerprint density at radius 3 is 2.07 bits per heavy atom. The second-order valence-electron chi connectivity index (χ2n) is 4.32. The first-order valence-corrected chi connectivity index (χ1v) is 4.56. The molecular formula is C11H16N2O. The summed E-state index contributed by atoms with van der Waals surface area (Å²) in [6.07, 6.45) is 0. The third-order valence-electron chi connectivity index (χ3n) is 1.69. The van der Waals surface area contributed by atoms with Crippen molar-refractivity contribution in [2.24, 2.45) is 5.73 Å². The minimum Gasteiger partial charge on any atom is -0.380 e. The maximum atomic E-state index is 10.8. The number of primary amides is 1. The summed E-state index contributed by atoms with van der Waals surface area (Å²) in [4.78, 5) is 10.8. The van der Waals surface area contributed by atoms with Crippen molar-refractivity contribution in [1.29, 1.82) is 0 Å². The lowest BCUT2D eigenvalue weighted by atomic mass is 10.1. The van der Waals surface area contributed by atoms with Crippen LogP contribution in [-0.4, -0.2) is 11.4 Å². The third-order valence-corrected chi connectivity index (χ3v) is 1.69. The van der Waals surface area contributed by atoms with Crippen LogP contribution in [0.1, 0.15) is 31.1 Å². The third kappa shape index (κ3) is 3.09. The summed E-state index contributed by atoms with van der Waals surface area (Å²) in [7, 11) is 0. The van der Waals surface area contributed by atoms with Gasteiger partial charge in [-0.25, -0.2) is 0 Å². The van der Waals surface area contributed by atoms with Crippen molar-refractivity contribution in [3.05, 3.63) is 29.8 Å². The first kappa shape index (κ1) is 10.6. The number of carbonyl (C=O) groups excluding carboxylic acids is 1. The van der Waals surface area contributed by atoms with E-state index in [9.17, 15) is 4.79 Å². The molecule has 3 N–H and O–H groups in total. The Hall–Kier alpha value is -1.51. The fourth-order valence-corrected chi connectivity index (χ4v) is 1.15. The summed E-state index contributed by atoms with van der Waals surface area (Å²) in [6, 6.07) is 7.14. The molecule has 0 bridgehead atoms. The lowest BCUT2D eigenvalue weighted by Gasteiger charge is -2.22. The van der Waals surface area contributed by atoms with Crippen LogP contribution in [0.3, 0.4) is 0 Å². The maximum absolute atomic E-state index is 10.8. The van der Waals surface area contributed by atoms with Gasteiger partial charge in [0.1, 0.15) is 0 Å². The standard InChI is InChI=1S/C11H16N2O/c1-11(2,3)13-9-6-4-8(5-7-9)10(12)14/h4-7,13H,1-3H3,(H2,12,14). The lowest BCUT2D eigenvalue weighted by Crippen LogP contribution is -2.26. The number of amides is 1. The highest BCUT2D eigenvalue weighted by Gasteiger charge is 2.09. The van der Waals surface area contributed by atoms with Crippen LogP contribution in [0.25, 0.3) is 0 Å². The molecule has 14 heavy (non-hydrogen) atoms. The van der Waals surface area contributed by atoms with E-state index in [0.29, 0.717) is 5.56 Å². The van der Waals surface area contributed by atoms with Crippen LogP contribution in [0.2, 0.25) is 0 Å². The topological polar surface area (TPSA) is 55.1 Å². The van der Waals surface area contributed by atoms with E-state index in [1.807, 2.05) is 12.1 Å². The van der Waals surface area contributed by atoms with E-state index in [1.165, 1.54) is 0 Å². The molecule has 0 aromatic heterocycles. The predicted molar refractivity (Wildman–Crippen MR) is 58.3 cm³/mol. The number of hydrogen-bond acceptors (Lipinski definition) is 2. The summed E-state index contributed by atoms with van der Waals surface area (Å²) in [5, 5.41) is 3.30. The minimum absolute atomic E-state index is 0.0221. The zero-order valence-electron chi connectivity index (χ0n) is 8.79. The van der Waals surface area contributed by atoms with Crippen molar-refractivity contribution in [2.45, 2.75) is 26.3 Å². The molecule has 0 heterocycles. The van der Waals surface area contributed by atoms with Gasteiger partial charge in [0.2, 0.25) is 5.91 Å². The number of rotatable bonds is 2. The minimum atomic E-state index is -0.396. The summed E-state index contributed by atoms with van der Waals surface area (Å²) < 4.78 is 0. The normalized spacial score (nSPS) is 11.1. The van der Waals surface area contributed by atoms with Gasteiger partial charge in [-0.3, -0.25) is 4.79 Å². The van der Waals surface area contributed by atoms with Crippen LogP contribution in [0.4, 0.5) is 5.69 Å². The molecule has 1 rings (SSSR count). The Morgan fingerprint density at radius 1 is 1.21 bits per heavy atom. The fourth-order valence-electron chi connectivity index (χ4n) is 1.15. The van der Waals surface area contributed by atoms with Gasteiger partial charge in [-0.2, -0.15) is 0 Å². The molecule has 0 aliphatic heterocycles. The van der Waals surface area contributed by atoms with Crippen molar-refractivity contribution < 1.29 is 4.79 Å². The van der Waals surface area contributed by atoms with E-state index in [2.05, 4.69) is 26.1 Å². The van der Waals surface area contributed by atoms with E-state index in [4.69, 9.17) is 5.73 Å². The molecule has 0 aliphatic rings. The number of hydrogen-bond donors (Lipinski definition) is 2. The molecule has 0 saturated heterocycles. The van der Waals surface area contributed by atoms with Crippen LogP contribution >= 0.6 is 0 Å². The lowest BCUT2D eigenvalue weighted by molar-refractivity contribution is 0.100. The summed E-state index contributed by atoms with van der Waals surface area (Å²) in [5.41, 5.74) is 6.67. The SMILES string of the molecule is CC(C)(C)Nc1ccc(C(N)=O)cc1. The van der Waals surface area contributed by atoms with E-state index < -0.39 is 5.91 Å². The Kier molecular flexibility index (Phi) is 2.79. The van der Waals surface area contributed by atoms with Crippen molar-refractivity contribution in [3.8, 4) is 0 Å². The monoisotopic (exact) mass is 192 g/mol. The van der Waals surface area contributed by atoms with Gasteiger partial charge in [0.05, 0.1) is 0 Å². The highest BCUT2D eigenvalue weighted by atomic mass is 16.1. The number of nitrogens with one attached hydrogen (secondary N) is 1. The first-order chi connectivity index (χ1) is 6.38. The van der Waals surface area contributed by atoms with Gasteiger partial charge in [0, 0.05) is 16.8 Å². The molecule has 0 atom stereocenters. The van der Waals surface area contributed by atoms with E-state index in [0.717, 1.165) is 5.69 Å². The van der Waals surface area contributed by atoms with Crippen LogP contribution in [-0.2, 0) is 0 Å². The van der Waals surface area contributed by atoms with E-state index in [1.54, 1.807) is 12.1 Å². The maximum Gasteiger partial charge on any atom is 0.248 e. The quantitative estimate of drug-likeness (QED) is 0.753. The molecule has 1 aromatic rings. The van der Waals surface area contributed by atoms with Crippen molar-refractivity contribution in [3.63, 3.8) is 0 Å². The first-order valence-electron chi connectivity index (χ1n) is 4.56. The number of nitrogens with two attached hydrogens (primary N) is 1. The van der Waals surface area contributed by atoms with Crippen LogP contribution in [0.15, 0.2) is 24.3 Å². The zero-order chi connectivity index (χ0) is 10.8. The van der Waals surface area contributed by atoms with Crippen molar-refractivity contribution in [1.82, 2.24) is 0 Å². The van der Waals surface area contributed by atoms with Gasteiger partial charge in [-0.1, -0.05) is 0 Å². The van der Waals surface area contributed by atoms with Crippen molar-refractivity contribution in [2.75, 3.05) is 5.32 Å². The average Bonchev–Trinajstić information content (AvgIpc) is 2.02. The molecule has 3 heteroatoms. The molecule has 0 saturated carbocycles. The van der Waals surface area contributed by atoms with Crippen LogP contribution in [0.5, 0.6) is 0 Å². The van der Waals surface area contributed by atoms with Gasteiger partial charge in [0.25, 0.3) is 0 Å². The Bertz CT molecular complexity index is 322. The molecule has 0 spiro atoms. The Labute approximate surface area is 84.3 Å². The Balaban J connectivity index is 2.79. The molecule has 0 fully saturated rings. The highest BCUT2D eigenvalue weighted by Crippen LogP contribution is 2.14. The fraction of sp³-hybridized carbons (Fsp3) is 0.364. The molecule has 1 aromatic carbocycles. The van der Waals surface area contributed by atoms with Gasteiger partial charge in [0.15, 0.2) is 0 Å². The summed E-state index contributed by atoms with van der Waals surface area (Å²) in [5.74, 6) is -0.396. The molecule has 3 nitrogen and oxygen atoms in total. The second kappa shape index (κ2) is 3.70. The van der Waals surface area contributed by atoms with E-state index in [-0.39, 0.29) is 5.54 Å². The van der Waals surface area contributed by atoms with Crippen LogP contribution in [0, 0.1) is 0 Å². The molecule has 1 amide bonds. The van der Waals surface area contributed by atoms with E-state index >= 15 is 0 Å². The highest BCUT2D eigenvalue weighted by molar-refractivity contribution is 5.93. The molecule has 0 unspecified atom stereocenters. The van der Waals surface area contributed by atoms with Gasteiger partial charge in [-0.15, -0.1) is 0 Å².